The summed E-state index contributed by atoms with van der Waals surface area (Å²) in [4.78, 5) is 12.6. The third kappa shape index (κ3) is 2.25. The Kier molecular flexibility index (Phi) is 3.75. The van der Waals surface area contributed by atoms with E-state index in [0.717, 1.165) is 6.42 Å². The lowest BCUT2D eigenvalue weighted by atomic mass is 10.1. The number of ether oxygens (including phenoxy) is 1. The first kappa shape index (κ1) is 14.2. The van der Waals surface area contributed by atoms with E-state index >= 15 is 0 Å². The molecule has 114 valence electrons. The molecule has 3 rings (SSSR count). The first-order valence-corrected chi connectivity index (χ1v) is 7.04. The van der Waals surface area contributed by atoms with E-state index in [0.29, 0.717) is 23.4 Å². The van der Waals surface area contributed by atoms with Crippen molar-refractivity contribution >= 4 is 17.0 Å². The van der Waals surface area contributed by atoms with Crippen LogP contribution in [-0.2, 0) is 4.74 Å². The van der Waals surface area contributed by atoms with Crippen LogP contribution < -0.4 is 5.32 Å². The van der Waals surface area contributed by atoms with Gasteiger partial charge < -0.3 is 20.3 Å². The predicted octanol–water partition coefficient (Wildman–Crippen LogP) is 0.287. The molecule has 4 atom stereocenters. The second-order valence-corrected chi connectivity index (χ2v) is 5.13. The maximum atomic E-state index is 10.2. The van der Waals surface area contributed by atoms with Gasteiger partial charge in [-0.2, -0.15) is 0 Å². The largest absolute Gasteiger partial charge is 0.388 e. The van der Waals surface area contributed by atoms with Gasteiger partial charge in [-0.25, -0.2) is 15.0 Å². The van der Waals surface area contributed by atoms with Crippen molar-refractivity contribution in [2.24, 2.45) is 0 Å². The summed E-state index contributed by atoms with van der Waals surface area (Å²) in [7, 11) is 1.75. The highest BCUT2D eigenvalue weighted by molar-refractivity contribution is 5.82. The molecule has 0 spiro atoms. The Bertz CT molecular complexity index is 631. The standard InChI is InChI=1S/C13H19N5O3/c1-3-4-7-9(19)10(20)13(21-7)18-6-17-8-11(14-2)15-5-16-12(8)18/h5-7,9-10,13,19-20H,3-4H2,1-2H3,(H,14,15,16). The molecule has 1 aliphatic rings. The summed E-state index contributed by atoms with van der Waals surface area (Å²) in [6, 6.07) is 0. The molecule has 8 heteroatoms. The molecule has 0 bridgehead atoms. The van der Waals surface area contributed by atoms with E-state index in [-0.39, 0.29) is 6.10 Å². The van der Waals surface area contributed by atoms with Gasteiger partial charge in [0.15, 0.2) is 17.7 Å². The van der Waals surface area contributed by atoms with Crippen LogP contribution in [0.1, 0.15) is 26.0 Å². The van der Waals surface area contributed by atoms with Crippen LogP contribution in [0.4, 0.5) is 5.82 Å². The second-order valence-electron chi connectivity index (χ2n) is 5.13. The van der Waals surface area contributed by atoms with Gasteiger partial charge in [0.25, 0.3) is 0 Å². The third-order valence-electron chi connectivity index (χ3n) is 3.78. The molecule has 2 aromatic heterocycles. The molecule has 8 nitrogen and oxygen atoms in total. The molecule has 0 amide bonds. The normalized spacial score (nSPS) is 29.1. The zero-order valence-electron chi connectivity index (χ0n) is 12.0. The molecule has 1 aliphatic heterocycles. The number of fused-ring (bicyclic) bond motifs is 1. The van der Waals surface area contributed by atoms with Crippen LogP contribution in [0.2, 0.25) is 0 Å². The monoisotopic (exact) mass is 293 g/mol. The summed E-state index contributed by atoms with van der Waals surface area (Å²) >= 11 is 0. The highest BCUT2D eigenvalue weighted by atomic mass is 16.6. The van der Waals surface area contributed by atoms with Crippen LogP contribution in [0.25, 0.3) is 11.2 Å². The lowest BCUT2D eigenvalue weighted by Crippen LogP contribution is -2.31. The topological polar surface area (TPSA) is 105 Å². The quantitative estimate of drug-likeness (QED) is 0.744. The molecule has 2 aromatic rings. The van der Waals surface area contributed by atoms with E-state index in [4.69, 9.17) is 4.74 Å². The summed E-state index contributed by atoms with van der Waals surface area (Å²) in [5.41, 5.74) is 1.16. The number of nitrogens with zero attached hydrogens (tertiary/aromatic N) is 4. The Labute approximate surface area is 121 Å². The number of aromatic nitrogens is 4. The van der Waals surface area contributed by atoms with E-state index in [1.165, 1.54) is 6.33 Å². The minimum Gasteiger partial charge on any atom is -0.388 e. The number of hydrogen-bond acceptors (Lipinski definition) is 7. The van der Waals surface area contributed by atoms with Crippen molar-refractivity contribution < 1.29 is 14.9 Å². The zero-order valence-corrected chi connectivity index (χ0v) is 12.0. The Hall–Kier alpha value is -1.77. The molecular weight excluding hydrogens is 274 g/mol. The van der Waals surface area contributed by atoms with Gasteiger partial charge in [0, 0.05) is 7.05 Å². The summed E-state index contributed by atoms with van der Waals surface area (Å²) in [6.45, 7) is 2.01. The Morgan fingerprint density at radius 1 is 1.29 bits per heavy atom. The molecule has 1 saturated heterocycles. The predicted molar refractivity (Wildman–Crippen MR) is 75.7 cm³/mol. The first-order chi connectivity index (χ1) is 10.2. The molecule has 0 aromatic carbocycles. The van der Waals surface area contributed by atoms with Gasteiger partial charge in [-0.1, -0.05) is 13.3 Å². The van der Waals surface area contributed by atoms with E-state index in [1.807, 2.05) is 6.92 Å². The van der Waals surface area contributed by atoms with E-state index < -0.39 is 18.4 Å². The van der Waals surface area contributed by atoms with E-state index in [1.54, 1.807) is 17.9 Å². The molecule has 4 unspecified atom stereocenters. The van der Waals surface area contributed by atoms with Crippen LogP contribution in [0.5, 0.6) is 0 Å². The highest BCUT2D eigenvalue weighted by Crippen LogP contribution is 2.33. The molecule has 1 fully saturated rings. The van der Waals surface area contributed by atoms with Crippen LogP contribution in [0, 0.1) is 0 Å². The number of imidazole rings is 1. The Morgan fingerprint density at radius 2 is 2.10 bits per heavy atom. The SMILES string of the molecule is CCCC1OC(n2cnc3c(NC)ncnc32)C(O)C1O. The molecule has 0 radical (unpaired) electrons. The third-order valence-corrected chi connectivity index (χ3v) is 3.78. The lowest BCUT2D eigenvalue weighted by Gasteiger charge is -2.16. The van der Waals surface area contributed by atoms with E-state index in [9.17, 15) is 10.2 Å². The van der Waals surface area contributed by atoms with Crippen molar-refractivity contribution in [3.63, 3.8) is 0 Å². The fraction of sp³-hybridized carbons (Fsp3) is 0.615. The van der Waals surface area contributed by atoms with Crippen LogP contribution >= 0.6 is 0 Å². The van der Waals surface area contributed by atoms with Gasteiger partial charge in [0.2, 0.25) is 0 Å². The summed E-state index contributed by atoms with van der Waals surface area (Å²) in [5.74, 6) is 0.608. The van der Waals surface area contributed by atoms with Crippen LogP contribution in [-0.4, -0.2) is 55.1 Å². The van der Waals surface area contributed by atoms with Gasteiger partial charge in [-0.15, -0.1) is 0 Å². The van der Waals surface area contributed by atoms with Gasteiger partial charge in [-0.05, 0) is 6.42 Å². The summed E-state index contributed by atoms with van der Waals surface area (Å²) in [5, 5.41) is 23.2. The van der Waals surface area contributed by atoms with Crippen LogP contribution in [0.15, 0.2) is 12.7 Å². The number of hydrogen-bond donors (Lipinski definition) is 3. The number of nitrogens with one attached hydrogen (secondary N) is 1. The Morgan fingerprint density at radius 3 is 2.81 bits per heavy atom. The summed E-state index contributed by atoms with van der Waals surface area (Å²) < 4.78 is 7.43. The van der Waals surface area contributed by atoms with E-state index in [2.05, 4.69) is 20.3 Å². The smallest absolute Gasteiger partial charge is 0.167 e. The second kappa shape index (κ2) is 5.55. The van der Waals surface area contributed by atoms with Crippen molar-refractivity contribution in [1.29, 1.82) is 0 Å². The van der Waals surface area contributed by atoms with Gasteiger partial charge >= 0.3 is 0 Å². The number of rotatable bonds is 4. The van der Waals surface area contributed by atoms with Gasteiger partial charge in [0.1, 0.15) is 24.1 Å². The number of aliphatic hydroxyl groups excluding tert-OH is 2. The Balaban J connectivity index is 1.98. The molecule has 0 saturated carbocycles. The number of anilines is 1. The maximum absolute atomic E-state index is 10.2. The highest BCUT2D eigenvalue weighted by Gasteiger charge is 2.43. The minimum absolute atomic E-state index is 0.377. The van der Waals surface area contributed by atoms with Gasteiger partial charge in [-0.3, -0.25) is 4.57 Å². The minimum atomic E-state index is -1.01. The van der Waals surface area contributed by atoms with Crippen molar-refractivity contribution in [3.8, 4) is 0 Å². The molecule has 3 heterocycles. The first-order valence-electron chi connectivity index (χ1n) is 7.04. The summed E-state index contributed by atoms with van der Waals surface area (Å²) in [6.07, 6.45) is 1.56. The van der Waals surface area contributed by atoms with Gasteiger partial charge in [0.05, 0.1) is 12.4 Å². The lowest BCUT2D eigenvalue weighted by molar-refractivity contribution is -0.0370. The van der Waals surface area contributed by atoms with Crippen molar-refractivity contribution in [1.82, 2.24) is 19.5 Å². The average Bonchev–Trinajstić information content (AvgIpc) is 3.04. The fourth-order valence-electron chi connectivity index (χ4n) is 2.70. The van der Waals surface area contributed by atoms with Crippen molar-refractivity contribution in [2.45, 2.75) is 44.3 Å². The molecule has 21 heavy (non-hydrogen) atoms. The molecular formula is C13H19N5O3. The zero-order chi connectivity index (χ0) is 15.0. The fourth-order valence-corrected chi connectivity index (χ4v) is 2.70. The van der Waals surface area contributed by atoms with Crippen molar-refractivity contribution in [2.75, 3.05) is 12.4 Å². The number of aliphatic hydroxyl groups is 2. The molecule has 3 N–H and O–H groups in total. The maximum Gasteiger partial charge on any atom is 0.167 e. The van der Waals surface area contributed by atoms with Crippen molar-refractivity contribution in [3.05, 3.63) is 12.7 Å². The average molecular weight is 293 g/mol. The van der Waals surface area contributed by atoms with Crippen LogP contribution in [0.3, 0.4) is 0 Å². The molecule has 0 aliphatic carbocycles.